The van der Waals surface area contributed by atoms with Crippen LogP contribution in [-0.2, 0) is 6.18 Å². The lowest BCUT2D eigenvalue weighted by atomic mass is 10.1. The first-order valence-corrected chi connectivity index (χ1v) is 6.53. The van der Waals surface area contributed by atoms with Crippen LogP contribution < -0.4 is 10.6 Å². The number of hydrogen-bond acceptors (Lipinski definition) is 7. The quantitative estimate of drug-likeness (QED) is 0.347. The average Bonchev–Trinajstić information content (AvgIpc) is 2.45. The van der Waals surface area contributed by atoms with Crippen molar-refractivity contribution in [1.82, 2.24) is 0 Å². The van der Waals surface area contributed by atoms with E-state index in [1.807, 2.05) is 0 Å². The first kappa shape index (κ1) is 18.9. The predicted octanol–water partition coefficient (Wildman–Crippen LogP) is 3.63. The number of anilines is 2. The molecule has 0 aliphatic carbocycles. The van der Waals surface area contributed by atoms with E-state index < -0.39 is 50.4 Å². The van der Waals surface area contributed by atoms with Crippen molar-refractivity contribution in [3.63, 3.8) is 0 Å². The second-order valence-corrected chi connectivity index (χ2v) is 4.74. The van der Waals surface area contributed by atoms with Crippen LogP contribution in [0.4, 0.5) is 35.9 Å². The summed E-state index contributed by atoms with van der Waals surface area (Å²) < 4.78 is 39.3. The smallest absolute Gasteiger partial charge is 0.371 e. The maximum Gasteiger partial charge on any atom is 0.418 e. The fourth-order valence-electron chi connectivity index (χ4n) is 1.88. The van der Waals surface area contributed by atoms with Crippen molar-refractivity contribution < 1.29 is 23.0 Å². The molecule has 0 aliphatic heterocycles. The SMILES string of the molecule is CCC(C)Nc1c([N+](=O)[O-])cc(C(F)(F)F)c(NC#N)c1[N+](=O)[O-]. The minimum atomic E-state index is -5.14. The van der Waals surface area contributed by atoms with Crippen molar-refractivity contribution in [3.8, 4) is 6.19 Å². The molecule has 1 atom stereocenters. The molecule has 0 aromatic heterocycles. The van der Waals surface area contributed by atoms with E-state index >= 15 is 0 Å². The fourth-order valence-corrected chi connectivity index (χ4v) is 1.88. The van der Waals surface area contributed by atoms with Crippen molar-refractivity contribution in [2.45, 2.75) is 32.5 Å². The Morgan fingerprint density at radius 2 is 1.88 bits per heavy atom. The van der Waals surface area contributed by atoms with E-state index in [2.05, 4.69) is 5.32 Å². The molecule has 0 amide bonds. The Labute approximate surface area is 133 Å². The maximum absolute atomic E-state index is 13.1. The number of nitrogens with zero attached hydrogens (tertiary/aromatic N) is 3. The third-order valence-electron chi connectivity index (χ3n) is 3.15. The zero-order valence-electron chi connectivity index (χ0n) is 12.5. The van der Waals surface area contributed by atoms with Crippen LogP contribution in [0.2, 0.25) is 0 Å². The number of alkyl halides is 3. The van der Waals surface area contributed by atoms with Gasteiger partial charge in [-0.1, -0.05) is 6.92 Å². The number of rotatable bonds is 6. The minimum Gasteiger partial charge on any atom is -0.371 e. The van der Waals surface area contributed by atoms with Gasteiger partial charge in [0.25, 0.3) is 5.69 Å². The van der Waals surface area contributed by atoms with Crippen LogP contribution in [0.5, 0.6) is 0 Å². The van der Waals surface area contributed by atoms with Crippen molar-refractivity contribution in [2.75, 3.05) is 10.6 Å². The Kier molecular flexibility index (Phi) is 5.51. The van der Waals surface area contributed by atoms with E-state index in [4.69, 9.17) is 5.26 Å². The summed E-state index contributed by atoms with van der Waals surface area (Å²) in [7, 11) is 0. The molecular weight excluding hydrogens is 335 g/mol. The molecule has 12 heteroatoms. The van der Waals surface area contributed by atoms with E-state index in [-0.39, 0.29) is 6.07 Å². The lowest BCUT2D eigenvalue weighted by Gasteiger charge is -2.17. The number of benzene rings is 1. The minimum absolute atomic E-state index is 0.164. The molecule has 1 aromatic rings. The third kappa shape index (κ3) is 3.80. The molecule has 130 valence electrons. The molecule has 9 nitrogen and oxygen atoms in total. The summed E-state index contributed by atoms with van der Waals surface area (Å²) in [6.45, 7) is 3.22. The van der Waals surface area contributed by atoms with E-state index in [0.29, 0.717) is 6.42 Å². The van der Waals surface area contributed by atoms with Gasteiger partial charge in [-0.15, -0.1) is 0 Å². The zero-order chi connectivity index (χ0) is 18.7. The van der Waals surface area contributed by atoms with Crippen LogP contribution in [0.15, 0.2) is 6.07 Å². The summed E-state index contributed by atoms with van der Waals surface area (Å²) >= 11 is 0. The van der Waals surface area contributed by atoms with Gasteiger partial charge in [0.1, 0.15) is 5.69 Å². The number of nitrogens with one attached hydrogen (secondary N) is 2. The molecule has 0 aliphatic rings. The van der Waals surface area contributed by atoms with Gasteiger partial charge in [-0.2, -0.15) is 18.4 Å². The summed E-state index contributed by atoms with van der Waals surface area (Å²) in [6.07, 6.45) is -3.55. The van der Waals surface area contributed by atoms with Crippen LogP contribution >= 0.6 is 0 Å². The fraction of sp³-hybridized carbons (Fsp3) is 0.417. The number of nitro benzene ring substituents is 2. The molecule has 2 N–H and O–H groups in total. The van der Waals surface area contributed by atoms with Gasteiger partial charge in [0.2, 0.25) is 0 Å². The Balaban J connectivity index is 3.92. The van der Waals surface area contributed by atoms with Gasteiger partial charge in [0.15, 0.2) is 11.9 Å². The first-order chi connectivity index (χ1) is 11.0. The number of hydrogen-bond donors (Lipinski definition) is 2. The topological polar surface area (TPSA) is 134 Å². The highest BCUT2D eigenvalue weighted by Gasteiger charge is 2.42. The molecule has 0 radical (unpaired) electrons. The van der Waals surface area contributed by atoms with E-state index in [1.54, 1.807) is 19.2 Å². The molecular formula is C12H12F3N5O4. The molecule has 0 spiro atoms. The second kappa shape index (κ2) is 6.99. The van der Waals surface area contributed by atoms with Gasteiger partial charge in [-0.25, -0.2) is 0 Å². The highest BCUT2D eigenvalue weighted by atomic mass is 19.4. The van der Waals surface area contributed by atoms with Crippen LogP contribution in [0.3, 0.4) is 0 Å². The predicted molar refractivity (Wildman–Crippen MR) is 77.4 cm³/mol. The van der Waals surface area contributed by atoms with E-state index in [1.165, 1.54) is 6.19 Å². The summed E-state index contributed by atoms with van der Waals surface area (Å²) in [4.78, 5) is 20.0. The van der Waals surface area contributed by atoms with Gasteiger partial charge < -0.3 is 5.32 Å². The van der Waals surface area contributed by atoms with Gasteiger partial charge in [-0.05, 0) is 13.3 Å². The third-order valence-corrected chi connectivity index (χ3v) is 3.15. The Bertz CT molecular complexity index is 714. The Hall–Kier alpha value is -3.10. The Morgan fingerprint density at radius 3 is 2.25 bits per heavy atom. The monoisotopic (exact) mass is 347 g/mol. The summed E-state index contributed by atoms with van der Waals surface area (Å²) in [5.74, 6) is 0. The summed E-state index contributed by atoms with van der Waals surface area (Å²) in [6, 6.07) is -0.328. The van der Waals surface area contributed by atoms with Crippen LogP contribution in [-0.4, -0.2) is 15.9 Å². The standard InChI is InChI=1S/C12H12F3N5O4/c1-3-6(2)18-10-8(19(21)22)4-7(12(13,14)15)9(17-5-16)11(10)20(23)24/h4,6,17-18H,3H2,1-2H3. The summed E-state index contributed by atoms with van der Waals surface area (Å²) in [5.41, 5.74) is -5.81. The van der Waals surface area contributed by atoms with Crippen molar-refractivity contribution >= 4 is 22.7 Å². The molecule has 0 saturated carbocycles. The highest BCUT2D eigenvalue weighted by molar-refractivity contribution is 5.87. The van der Waals surface area contributed by atoms with E-state index in [9.17, 15) is 33.4 Å². The maximum atomic E-state index is 13.1. The lowest BCUT2D eigenvalue weighted by molar-refractivity contribution is -0.392. The molecule has 0 fully saturated rings. The van der Waals surface area contributed by atoms with Crippen LogP contribution in [0, 0.1) is 31.7 Å². The van der Waals surface area contributed by atoms with Crippen molar-refractivity contribution in [1.29, 1.82) is 5.26 Å². The van der Waals surface area contributed by atoms with Crippen molar-refractivity contribution in [2.24, 2.45) is 0 Å². The van der Waals surface area contributed by atoms with Gasteiger partial charge >= 0.3 is 11.9 Å². The molecule has 0 bridgehead atoms. The normalized spacial score (nSPS) is 12.2. The number of nitro groups is 2. The first-order valence-electron chi connectivity index (χ1n) is 6.53. The molecule has 1 rings (SSSR count). The van der Waals surface area contributed by atoms with Gasteiger partial charge in [-0.3, -0.25) is 25.5 Å². The summed E-state index contributed by atoms with van der Waals surface area (Å²) in [5, 5.41) is 35.1. The molecule has 1 unspecified atom stereocenters. The molecule has 1 aromatic carbocycles. The largest absolute Gasteiger partial charge is 0.418 e. The highest BCUT2D eigenvalue weighted by Crippen LogP contribution is 2.48. The van der Waals surface area contributed by atoms with Gasteiger partial charge in [0.05, 0.1) is 15.4 Å². The molecule has 24 heavy (non-hydrogen) atoms. The zero-order valence-corrected chi connectivity index (χ0v) is 12.5. The molecule has 0 saturated heterocycles. The Morgan fingerprint density at radius 1 is 1.29 bits per heavy atom. The van der Waals surface area contributed by atoms with E-state index in [0.717, 1.165) is 0 Å². The number of nitriles is 1. The van der Waals surface area contributed by atoms with Gasteiger partial charge in [0, 0.05) is 12.1 Å². The van der Waals surface area contributed by atoms with Crippen molar-refractivity contribution in [3.05, 3.63) is 31.9 Å². The van der Waals surface area contributed by atoms with Crippen LogP contribution in [0.1, 0.15) is 25.8 Å². The number of halogens is 3. The molecule has 0 heterocycles. The lowest BCUT2D eigenvalue weighted by Crippen LogP contribution is -2.19. The average molecular weight is 347 g/mol. The second-order valence-electron chi connectivity index (χ2n) is 4.74. The van der Waals surface area contributed by atoms with Crippen LogP contribution in [0.25, 0.3) is 0 Å².